The van der Waals surface area contributed by atoms with Gasteiger partial charge in [-0.2, -0.15) is 0 Å². The summed E-state index contributed by atoms with van der Waals surface area (Å²) in [5.41, 5.74) is 6.61. The van der Waals surface area contributed by atoms with Crippen LogP contribution >= 0.6 is 0 Å². The van der Waals surface area contributed by atoms with Crippen LogP contribution in [0.15, 0.2) is 30.3 Å². The minimum atomic E-state index is -1.14. The molecule has 0 amide bonds. The van der Waals surface area contributed by atoms with E-state index in [1.165, 1.54) is 0 Å². The molecule has 1 fully saturated rings. The van der Waals surface area contributed by atoms with Crippen molar-refractivity contribution in [1.82, 2.24) is 0 Å². The van der Waals surface area contributed by atoms with Crippen molar-refractivity contribution in [3.63, 3.8) is 0 Å². The fraction of sp³-hybridized carbons (Fsp3) is 0.538. The Morgan fingerprint density at radius 1 is 1.16 bits per heavy atom. The predicted molar refractivity (Wildman–Crippen MR) is 67.0 cm³/mol. The number of nitrogens with two attached hydrogens (primary N) is 1. The smallest absolute Gasteiger partial charge is 0.186 e. The molecule has 0 spiro atoms. The lowest BCUT2D eigenvalue weighted by molar-refractivity contribution is -0.279. The molecule has 6 nitrogen and oxygen atoms in total. The maximum atomic E-state index is 9.88. The fourth-order valence-corrected chi connectivity index (χ4v) is 2.01. The van der Waals surface area contributed by atoms with E-state index < -0.39 is 30.6 Å². The van der Waals surface area contributed by atoms with E-state index in [0.29, 0.717) is 0 Å². The van der Waals surface area contributed by atoms with Crippen LogP contribution in [0.1, 0.15) is 5.56 Å². The van der Waals surface area contributed by atoms with Crippen molar-refractivity contribution in [1.29, 1.82) is 0 Å². The molecule has 1 unspecified atom stereocenters. The molecule has 0 bridgehead atoms. The Morgan fingerprint density at radius 2 is 1.84 bits per heavy atom. The van der Waals surface area contributed by atoms with E-state index in [9.17, 15) is 10.2 Å². The van der Waals surface area contributed by atoms with Gasteiger partial charge in [0.1, 0.15) is 18.3 Å². The average Bonchev–Trinajstić information content (AvgIpc) is 2.45. The van der Waals surface area contributed by atoms with Crippen LogP contribution in [0.4, 0.5) is 0 Å². The van der Waals surface area contributed by atoms with Crippen molar-refractivity contribution in [2.75, 3.05) is 6.61 Å². The maximum absolute atomic E-state index is 9.88. The van der Waals surface area contributed by atoms with Gasteiger partial charge in [-0.15, -0.1) is 0 Å². The van der Waals surface area contributed by atoms with E-state index in [1.54, 1.807) is 0 Å². The van der Waals surface area contributed by atoms with Crippen LogP contribution in [0.3, 0.4) is 0 Å². The Labute approximate surface area is 111 Å². The molecule has 1 heterocycles. The van der Waals surface area contributed by atoms with Crippen molar-refractivity contribution >= 4 is 0 Å². The number of aliphatic hydroxyl groups is 3. The maximum Gasteiger partial charge on any atom is 0.186 e. The Bertz CT molecular complexity index is 386. The summed E-state index contributed by atoms with van der Waals surface area (Å²) in [7, 11) is 0. The summed E-state index contributed by atoms with van der Waals surface area (Å²) in [4.78, 5) is 0. The highest BCUT2D eigenvalue weighted by molar-refractivity contribution is 5.13. The van der Waals surface area contributed by atoms with Gasteiger partial charge in [-0.3, -0.25) is 0 Å². The summed E-state index contributed by atoms with van der Waals surface area (Å²) in [6.07, 6.45) is -4.06. The molecule has 1 aromatic carbocycles. The summed E-state index contributed by atoms with van der Waals surface area (Å²) < 4.78 is 10.8. The van der Waals surface area contributed by atoms with Gasteiger partial charge in [0, 0.05) is 0 Å². The minimum absolute atomic E-state index is 0.254. The zero-order chi connectivity index (χ0) is 13.8. The average molecular weight is 269 g/mol. The van der Waals surface area contributed by atoms with E-state index in [2.05, 4.69) is 0 Å². The largest absolute Gasteiger partial charge is 0.394 e. The van der Waals surface area contributed by atoms with Crippen molar-refractivity contribution < 1.29 is 24.8 Å². The van der Waals surface area contributed by atoms with Crippen LogP contribution in [-0.4, -0.2) is 52.6 Å². The van der Waals surface area contributed by atoms with Gasteiger partial charge in [0.2, 0.25) is 0 Å². The molecule has 1 aliphatic heterocycles. The summed E-state index contributed by atoms with van der Waals surface area (Å²) >= 11 is 0. The molecule has 5 atom stereocenters. The lowest BCUT2D eigenvalue weighted by Gasteiger charge is -2.40. The molecule has 6 heteroatoms. The second kappa shape index (κ2) is 6.42. The van der Waals surface area contributed by atoms with Crippen molar-refractivity contribution in [2.45, 2.75) is 37.3 Å². The SMILES string of the molecule is N[C@H]1[C@H](O)[C@@H](CO)OC(OCc2ccccc2)[C@H]1O. The molecule has 1 aliphatic rings. The van der Waals surface area contributed by atoms with Crippen LogP contribution in [0, 0.1) is 0 Å². The number of ether oxygens (including phenoxy) is 2. The molecule has 0 aliphatic carbocycles. The zero-order valence-corrected chi connectivity index (χ0v) is 10.4. The van der Waals surface area contributed by atoms with Gasteiger partial charge in [-0.1, -0.05) is 30.3 Å². The lowest BCUT2D eigenvalue weighted by atomic mass is 9.97. The van der Waals surface area contributed by atoms with Gasteiger partial charge in [0.15, 0.2) is 6.29 Å². The molecule has 5 N–H and O–H groups in total. The van der Waals surface area contributed by atoms with Gasteiger partial charge >= 0.3 is 0 Å². The van der Waals surface area contributed by atoms with Gasteiger partial charge in [0.05, 0.1) is 19.3 Å². The number of benzene rings is 1. The van der Waals surface area contributed by atoms with E-state index in [0.717, 1.165) is 5.56 Å². The highest BCUT2D eigenvalue weighted by Crippen LogP contribution is 2.21. The van der Waals surface area contributed by atoms with Crippen molar-refractivity contribution in [3.05, 3.63) is 35.9 Å². The predicted octanol–water partition coefficient (Wildman–Crippen LogP) is -1.03. The minimum Gasteiger partial charge on any atom is -0.394 e. The monoisotopic (exact) mass is 269 g/mol. The molecule has 1 saturated heterocycles. The lowest BCUT2D eigenvalue weighted by Crippen LogP contribution is -2.62. The van der Waals surface area contributed by atoms with E-state index in [4.69, 9.17) is 20.3 Å². The Morgan fingerprint density at radius 3 is 2.47 bits per heavy atom. The molecular weight excluding hydrogens is 250 g/mol. The number of rotatable bonds is 4. The third-order valence-corrected chi connectivity index (χ3v) is 3.19. The second-order valence-corrected chi connectivity index (χ2v) is 4.58. The summed E-state index contributed by atoms with van der Waals surface area (Å²) in [5, 5.41) is 28.7. The number of hydrogen-bond donors (Lipinski definition) is 4. The number of hydrogen-bond acceptors (Lipinski definition) is 6. The standard InChI is InChI=1S/C13H19NO5/c14-10-11(16)9(6-15)19-13(12(10)17)18-7-8-4-2-1-3-5-8/h1-5,9-13,15-17H,6-7,14H2/t9-,10+,11-,12+,13?/m1/s1. The van der Waals surface area contributed by atoms with E-state index in [-0.39, 0.29) is 13.2 Å². The topological polar surface area (TPSA) is 105 Å². The highest BCUT2D eigenvalue weighted by atomic mass is 16.7. The van der Waals surface area contributed by atoms with Gasteiger partial charge < -0.3 is 30.5 Å². The summed E-state index contributed by atoms with van der Waals surface area (Å²) in [6, 6.07) is 8.50. The Kier molecular flexibility index (Phi) is 4.87. The summed E-state index contributed by atoms with van der Waals surface area (Å²) in [5.74, 6) is 0. The first-order chi connectivity index (χ1) is 9.13. The first-order valence-corrected chi connectivity index (χ1v) is 6.17. The highest BCUT2D eigenvalue weighted by Gasteiger charge is 2.42. The third-order valence-electron chi connectivity index (χ3n) is 3.19. The second-order valence-electron chi connectivity index (χ2n) is 4.58. The first-order valence-electron chi connectivity index (χ1n) is 6.17. The van der Waals surface area contributed by atoms with Crippen LogP contribution in [-0.2, 0) is 16.1 Å². The van der Waals surface area contributed by atoms with Crippen LogP contribution in [0.2, 0.25) is 0 Å². The summed E-state index contributed by atoms with van der Waals surface area (Å²) in [6.45, 7) is -0.129. The normalized spacial score (nSPS) is 35.3. The van der Waals surface area contributed by atoms with E-state index in [1.807, 2.05) is 30.3 Å². The van der Waals surface area contributed by atoms with Gasteiger partial charge in [0.25, 0.3) is 0 Å². The quantitative estimate of drug-likeness (QED) is 0.557. The Balaban J connectivity index is 1.95. The molecule has 0 saturated carbocycles. The molecular formula is C13H19NO5. The van der Waals surface area contributed by atoms with Gasteiger partial charge in [-0.25, -0.2) is 0 Å². The van der Waals surface area contributed by atoms with Gasteiger partial charge in [-0.05, 0) is 5.56 Å². The van der Waals surface area contributed by atoms with Crippen molar-refractivity contribution in [2.24, 2.45) is 5.73 Å². The molecule has 0 aromatic heterocycles. The molecule has 106 valence electrons. The van der Waals surface area contributed by atoms with Crippen LogP contribution < -0.4 is 5.73 Å². The Hall–Kier alpha value is -1.02. The third kappa shape index (κ3) is 3.30. The number of aliphatic hydroxyl groups excluding tert-OH is 3. The van der Waals surface area contributed by atoms with Crippen molar-refractivity contribution in [3.8, 4) is 0 Å². The molecule has 1 aromatic rings. The van der Waals surface area contributed by atoms with Crippen LogP contribution in [0.25, 0.3) is 0 Å². The zero-order valence-electron chi connectivity index (χ0n) is 10.4. The molecule has 19 heavy (non-hydrogen) atoms. The van der Waals surface area contributed by atoms with Crippen LogP contribution in [0.5, 0.6) is 0 Å². The molecule has 0 radical (unpaired) electrons. The first kappa shape index (κ1) is 14.4. The molecule has 2 rings (SSSR count). The fourth-order valence-electron chi connectivity index (χ4n) is 2.01. The van der Waals surface area contributed by atoms with E-state index >= 15 is 0 Å².